The van der Waals surface area contributed by atoms with E-state index in [0.717, 1.165) is 10.8 Å². The first-order valence-corrected chi connectivity index (χ1v) is 4.06. The Balaban J connectivity index is 2.80. The molecule has 0 amide bonds. The number of hydrogen-bond donors (Lipinski definition) is 2. The van der Waals surface area contributed by atoms with Crippen molar-refractivity contribution in [3.05, 3.63) is 35.1 Å². The third-order valence-electron chi connectivity index (χ3n) is 1.91. The number of fused-ring (bicyclic) bond motifs is 1. The monoisotopic (exact) mass is 195 g/mol. The lowest BCUT2D eigenvalue weighted by Crippen LogP contribution is -1.96. The molecule has 66 valence electrons. The summed E-state index contributed by atoms with van der Waals surface area (Å²) >= 11 is 5.88. The van der Waals surface area contributed by atoms with Crippen molar-refractivity contribution in [1.82, 2.24) is 4.98 Å². The van der Waals surface area contributed by atoms with Gasteiger partial charge in [-0.2, -0.15) is 0 Å². The third-order valence-corrected chi connectivity index (χ3v) is 2.32. The van der Waals surface area contributed by atoms with Crippen molar-refractivity contribution in [2.24, 2.45) is 0 Å². The maximum Gasteiger partial charge on any atom is 0.337 e. The average molecular weight is 196 g/mol. The molecule has 0 saturated carbocycles. The molecule has 0 aliphatic heterocycles. The van der Waals surface area contributed by atoms with Crippen molar-refractivity contribution < 1.29 is 9.90 Å². The van der Waals surface area contributed by atoms with E-state index in [-0.39, 0.29) is 10.6 Å². The fraction of sp³-hybridized carbons (Fsp3) is 0. The van der Waals surface area contributed by atoms with Crippen LogP contribution in [0.3, 0.4) is 0 Å². The highest BCUT2D eigenvalue weighted by molar-refractivity contribution is 6.38. The summed E-state index contributed by atoms with van der Waals surface area (Å²) in [5.41, 5.74) is 0.133. The van der Waals surface area contributed by atoms with Crippen molar-refractivity contribution in [3.8, 4) is 0 Å². The number of aromatic amines is 1. The average Bonchev–Trinajstić information content (AvgIpc) is 2.52. The zero-order chi connectivity index (χ0) is 9.42. The smallest absolute Gasteiger partial charge is 0.337 e. The molecule has 0 aliphatic rings. The van der Waals surface area contributed by atoms with Crippen molar-refractivity contribution in [2.75, 3.05) is 0 Å². The number of nitrogens with one attached hydrogen (secondary N) is 1. The van der Waals surface area contributed by atoms with Gasteiger partial charge in [-0.15, -0.1) is 0 Å². The van der Waals surface area contributed by atoms with E-state index in [1.165, 1.54) is 6.07 Å². The molecule has 0 bridgehead atoms. The Morgan fingerprint density at radius 1 is 1.38 bits per heavy atom. The Morgan fingerprint density at radius 2 is 2.15 bits per heavy atom. The van der Waals surface area contributed by atoms with Crippen LogP contribution in [0.5, 0.6) is 0 Å². The standard InChI is InChI=1S/C9H6ClNO2/c10-8-6(9(12)13)2-1-5-3-11-4-7(5)8/h1-4,11H,(H,12,13). The van der Waals surface area contributed by atoms with Gasteiger partial charge in [0.1, 0.15) is 0 Å². The topological polar surface area (TPSA) is 53.1 Å². The van der Waals surface area contributed by atoms with Crippen LogP contribution in [0.15, 0.2) is 24.5 Å². The van der Waals surface area contributed by atoms with E-state index in [9.17, 15) is 4.79 Å². The van der Waals surface area contributed by atoms with E-state index < -0.39 is 5.97 Å². The molecule has 0 saturated heterocycles. The number of halogens is 1. The highest BCUT2D eigenvalue weighted by Gasteiger charge is 2.11. The lowest BCUT2D eigenvalue weighted by Gasteiger charge is -1.98. The molecule has 1 heterocycles. The van der Waals surface area contributed by atoms with Crippen LogP contribution in [0.4, 0.5) is 0 Å². The second-order valence-electron chi connectivity index (χ2n) is 2.69. The molecule has 0 unspecified atom stereocenters. The first kappa shape index (κ1) is 8.13. The van der Waals surface area contributed by atoms with Crippen LogP contribution in [0.1, 0.15) is 10.4 Å². The molecule has 1 aromatic carbocycles. The Hall–Kier alpha value is -1.48. The Bertz CT molecular complexity index is 475. The van der Waals surface area contributed by atoms with Gasteiger partial charge in [-0.05, 0) is 6.07 Å². The molecule has 0 atom stereocenters. The number of aromatic nitrogens is 1. The lowest BCUT2D eigenvalue weighted by atomic mass is 10.1. The molecule has 0 aliphatic carbocycles. The van der Waals surface area contributed by atoms with Gasteiger partial charge in [0, 0.05) is 23.2 Å². The number of H-pyrrole nitrogens is 1. The molecule has 2 N–H and O–H groups in total. The maximum atomic E-state index is 10.7. The zero-order valence-corrected chi connectivity index (χ0v) is 7.30. The highest BCUT2D eigenvalue weighted by Crippen LogP contribution is 2.26. The number of carboxylic acid groups (broad SMARTS) is 1. The van der Waals surface area contributed by atoms with E-state index in [1.807, 2.05) is 0 Å². The fourth-order valence-electron chi connectivity index (χ4n) is 1.26. The number of benzene rings is 1. The van der Waals surface area contributed by atoms with Crippen LogP contribution < -0.4 is 0 Å². The number of rotatable bonds is 1. The van der Waals surface area contributed by atoms with Gasteiger partial charge in [-0.1, -0.05) is 17.7 Å². The molecule has 13 heavy (non-hydrogen) atoms. The SMILES string of the molecule is O=C(O)c1ccc2c[nH]cc2c1Cl. The van der Waals surface area contributed by atoms with Crippen LogP contribution in [-0.2, 0) is 0 Å². The Kier molecular flexibility index (Phi) is 1.74. The van der Waals surface area contributed by atoms with Crippen LogP contribution in [-0.4, -0.2) is 16.1 Å². The first-order valence-electron chi connectivity index (χ1n) is 3.68. The van der Waals surface area contributed by atoms with Crippen molar-refractivity contribution >= 4 is 28.3 Å². The normalized spacial score (nSPS) is 10.5. The van der Waals surface area contributed by atoms with E-state index >= 15 is 0 Å². The molecule has 2 rings (SSSR count). The summed E-state index contributed by atoms with van der Waals surface area (Å²) in [7, 11) is 0. The quantitative estimate of drug-likeness (QED) is 0.735. The first-order chi connectivity index (χ1) is 6.20. The van der Waals surface area contributed by atoms with Gasteiger partial charge in [0.25, 0.3) is 0 Å². The van der Waals surface area contributed by atoms with Gasteiger partial charge >= 0.3 is 5.97 Å². The molecule has 0 radical (unpaired) electrons. The highest BCUT2D eigenvalue weighted by atomic mass is 35.5. The van der Waals surface area contributed by atoms with Crippen molar-refractivity contribution in [2.45, 2.75) is 0 Å². The summed E-state index contributed by atoms with van der Waals surface area (Å²) in [5.74, 6) is -1.01. The number of aromatic carboxylic acids is 1. The predicted molar refractivity (Wildman–Crippen MR) is 50.3 cm³/mol. The van der Waals surface area contributed by atoms with E-state index in [0.29, 0.717) is 0 Å². The summed E-state index contributed by atoms with van der Waals surface area (Å²) < 4.78 is 0. The molecule has 0 spiro atoms. The molecule has 4 heteroatoms. The number of hydrogen-bond acceptors (Lipinski definition) is 1. The van der Waals surface area contributed by atoms with Gasteiger partial charge in [0.05, 0.1) is 10.6 Å². The van der Waals surface area contributed by atoms with Crippen molar-refractivity contribution in [1.29, 1.82) is 0 Å². The molecule has 2 aromatic rings. The molecular formula is C9H6ClNO2. The molecule has 0 fully saturated rings. The Morgan fingerprint density at radius 3 is 2.85 bits per heavy atom. The Labute approximate surface area is 78.9 Å². The molecule has 3 nitrogen and oxygen atoms in total. The van der Waals surface area contributed by atoms with E-state index in [4.69, 9.17) is 16.7 Å². The second kappa shape index (κ2) is 2.78. The minimum Gasteiger partial charge on any atom is -0.478 e. The third kappa shape index (κ3) is 1.17. The molecular weight excluding hydrogens is 190 g/mol. The van der Waals surface area contributed by atoms with Gasteiger partial charge in [0.15, 0.2) is 0 Å². The van der Waals surface area contributed by atoms with Crippen LogP contribution in [0, 0.1) is 0 Å². The van der Waals surface area contributed by atoms with Crippen LogP contribution >= 0.6 is 11.6 Å². The van der Waals surface area contributed by atoms with Crippen LogP contribution in [0.25, 0.3) is 10.8 Å². The minimum atomic E-state index is -1.01. The maximum absolute atomic E-state index is 10.7. The van der Waals surface area contributed by atoms with Gasteiger partial charge in [0.2, 0.25) is 0 Å². The summed E-state index contributed by atoms with van der Waals surface area (Å²) in [6.07, 6.45) is 3.46. The fourth-order valence-corrected chi connectivity index (χ4v) is 1.57. The van der Waals surface area contributed by atoms with Crippen LogP contribution in [0.2, 0.25) is 5.02 Å². The number of carbonyl (C=O) groups is 1. The minimum absolute atomic E-state index is 0.133. The summed E-state index contributed by atoms with van der Waals surface area (Å²) in [6.45, 7) is 0. The molecule has 1 aromatic heterocycles. The van der Waals surface area contributed by atoms with E-state index in [1.54, 1.807) is 18.5 Å². The number of carboxylic acids is 1. The summed E-state index contributed by atoms with van der Waals surface area (Å²) in [6, 6.07) is 3.22. The van der Waals surface area contributed by atoms with Gasteiger partial charge in [-0.25, -0.2) is 4.79 Å². The predicted octanol–water partition coefficient (Wildman–Crippen LogP) is 2.52. The van der Waals surface area contributed by atoms with Crippen molar-refractivity contribution in [3.63, 3.8) is 0 Å². The summed E-state index contributed by atoms with van der Waals surface area (Å²) in [4.78, 5) is 13.6. The summed E-state index contributed by atoms with van der Waals surface area (Å²) in [5, 5.41) is 10.7. The zero-order valence-electron chi connectivity index (χ0n) is 6.54. The second-order valence-corrected chi connectivity index (χ2v) is 3.07. The largest absolute Gasteiger partial charge is 0.478 e. The lowest BCUT2D eigenvalue weighted by molar-refractivity contribution is 0.0697. The van der Waals surface area contributed by atoms with Gasteiger partial charge in [-0.3, -0.25) is 0 Å². The van der Waals surface area contributed by atoms with E-state index in [2.05, 4.69) is 4.98 Å². The van der Waals surface area contributed by atoms with Gasteiger partial charge < -0.3 is 10.1 Å².